The molecular weight excluding hydrogens is 306 g/mol. The van der Waals surface area contributed by atoms with E-state index in [2.05, 4.69) is 23.8 Å². The molecule has 0 bridgehead atoms. The average molecular weight is 331 g/mol. The van der Waals surface area contributed by atoms with Gasteiger partial charge < -0.3 is 0 Å². The van der Waals surface area contributed by atoms with Gasteiger partial charge in [0.2, 0.25) is 10.0 Å². The summed E-state index contributed by atoms with van der Waals surface area (Å²) in [5.74, 6) is 0.178. The molecule has 0 saturated heterocycles. The van der Waals surface area contributed by atoms with Crippen molar-refractivity contribution in [2.24, 2.45) is 5.92 Å². The van der Waals surface area contributed by atoms with Gasteiger partial charge in [0.1, 0.15) is 0 Å². The van der Waals surface area contributed by atoms with Gasteiger partial charge in [-0.2, -0.15) is 0 Å². The lowest BCUT2D eigenvalue weighted by atomic mass is 9.96. The molecule has 0 fully saturated rings. The summed E-state index contributed by atoms with van der Waals surface area (Å²) in [6, 6.07) is 17.2. The molecule has 4 heteroatoms. The molecule has 1 N–H and O–H groups in total. The summed E-state index contributed by atoms with van der Waals surface area (Å²) in [4.78, 5) is 0. The maximum atomic E-state index is 12.5. The molecule has 23 heavy (non-hydrogen) atoms. The van der Waals surface area contributed by atoms with Crippen molar-refractivity contribution in [3.8, 4) is 0 Å². The largest absolute Gasteiger partial charge is 0.216 e. The lowest BCUT2D eigenvalue weighted by molar-refractivity contribution is 0.462. The molecule has 0 saturated carbocycles. The van der Waals surface area contributed by atoms with Gasteiger partial charge in [0.05, 0.1) is 5.75 Å². The smallest absolute Gasteiger partial charge is 0.212 e. The number of aryl methyl sites for hydroxylation is 1. The molecule has 0 radical (unpaired) electrons. The quantitative estimate of drug-likeness (QED) is 0.831. The zero-order valence-electron chi connectivity index (χ0n) is 14.0. The third-order valence-electron chi connectivity index (χ3n) is 3.92. The van der Waals surface area contributed by atoms with Crippen LogP contribution in [-0.4, -0.2) is 8.42 Å². The molecule has 124 valence electrons. The van der Waals surface area contributed by atoms with E-state index in [4.69, 9.17) is 0 Å². The Morgan fingerprint density at radius 3 is 2.04 bits per heavy atom. The van der Waals surface area contributed by atoms with Gasteiger partial charge in [-0.15, -0.1) is 0 Å². The third kappa shape index (κ3) is 5.19. The zero-order valence-corrected chi connectivity index (χ0v) is 14.8. The minimum atomic E-state index is -3.39. The fraction of sp³-hybridized carbons (Fsp3) is 0.368. The Labute approximate surface area is 139 Å². The molecule has 0 aliphatic rings. The Kier molecular flexibility index (Phi) is 5.97. The average Bonchev–Trinajstić information content (AvgIpc) is 2.53. The summed E-state index contributed by atoms with van der Waals surface area (Å²) in [5, 5.41) is 0. The predicted octanol–water partition coefficient (Wildman–Crippen LogP) is 4.07. The van der Waals surface area contributed by atoms with Crippen LogP contribution in [0.15, 0.2) is 54.6 Å². The zero-order chi connectivity index (χ0) is 16.9. The Hall–Kier alpha value is -1.65. The van der Waals surface area contributed by atoms with Gasteiger partial charge in [-0.3, -0.25) is 0 Å². The van der Waals surface area contributed by atoms with Gasteiger partial charge in [-0.05, 0) is 29.0 Å². The van der Waals surface area contributed by atoms with Crippen molar-refractivity contribution < 1.29 is 8.42 Å². The highest BCUT2D eigenvalue weighted by Crippen LogP contribution is 2.24. The molecule has 0 aromatic heterocycles. The van der Waals surface area contributed by atoms with Crippen LogP contribution >= 0.6 is 0 Å². The minimum Gasteiger partial charge on any atom is -0.212 e. The topological polar surface area (TPSA) is 46.2 Å². The highest BCUT2D eigenvalue weighted by Gasteiger charge is 2.22. The second kappa shape index (κ2) is 7.75. The first-order valence-electron chi connectivity index (χ1n) is 8.04. The van der Waals surface area contributed by atoms with Crippen LogP contribution in [0.3, 0.4) is 0 Å². The number of sulfonamides is 1. The van der Waals surface area contributed by atoms with Gasteiger partial charge >= 0.3 is 0 Å². The van der Waals surface area contributed by atoms with E-state index < -0.39 is 10.0 Å². The monoisotopic (exact) mass is 331 g/mol. The summed E-state index contributed by atoms with van der Waals surface area (Å²) in [7, 11) is -3.39. The first-order chi connectivity index (χ1) is 10.9. The molecule has 0 aliphatic heterocycles. The second-order valence-corrected chi connectivity index (χ2v) is 7.93. The standard InChI is InChI=1S/C19H25NO2S/c1-4-16-10-12-18(13-11-16)19(15(2)3)20-23(21,22)14-17-8-6-5-7-9-17/h5-13,15,19-20H,4,14H2,1-3H3. The van der Waals surface area contributed by atoms with Crippen molar-refractivity contribution >= 4 is 10.0 Å². The number of hydrogen-bond donors (Lipinski definition) is 1. The SMILES string of the molecule is CCc1ccc(C(NS(=O)(=O)Cc2ccccc2)C(C)C)cc1. The van der Waals surface area contributed by atoms with E-state index in [0.717, 1.165) is 17.5 Å². The summed E-state index contributed by atoms with van der Waals surface area (Å²) >= 11 is 0. The molecule has 2 aromatic rings. The number of rotatable bonds is 7. The first-order valence-corrected chi connectivity index (χ1v) is 9.69. The van der Waals surface area contributed by atoms with Crippen LogP contribution < -0.4 is 4.72 Å². The van der Waals surface area contributed by atoms with Crippen LogP contribution in [0.4, 0.5) is 0 Å². The Morgan fingerprint density at radius 2 is 1.52 bits per heavy atom. The normalized spacial score (nSPS) is 13.2. The van der Waals surface area contributed by atoms with Gasteiger partial charge in [0, 0.05) is 6.04 Å². The molecule has 2 aromatic carbocycles. The summed E-state index contributed by atoms with van der Waals surface area (Å²) in [6.07, 6.45) is 0.979. The van der Waals surface area contributed by atoms with Crippen molar-refractivity contribution in [3.63, 3.8) is 0 Å². The predicted molar refractivity (Wildman–Crippen MR) is 95.6 cm³/mol. The molecule has 0 heterocycles. The molecular formula is C19H25NO2S. The van der Waals surface area contributed by atoms with Gasteiger partial charge in [-0.1, -0.05) is 75.4 Å². The van der Waals surface area contributed by atoms with Crippen LogP contribution in [0, 0.1) is 5.92 Å². The number of nitrogens with one attached hydrogen (secondary N) is 1. The number of benzene rings is 2. The van der Waals surface area contributed by atoms with Gasteiger partial charge in [0.25, 0.3) is 0 Å². The van der Waals surface area contributed by atoms with E-state index in [0.29, 0.717) is 0 Å². The Bertz CT molecular complexity index is 707. The van der Waals surface area contributed by atoms with E-state index in [1.54, 1.807) is 0 Å². The van der Waals surface area contributed by atoms with E-state index in [9.17, 15) is 8.42 Å². The first kappa shape index (κ1) is 17.7. The van der Waals surface area contributed by atoms with E-state index in [1.807, 2.05) is 56.3 Å². The van der Waals surface area contributed by atoms with Crippen molar-refractivity contribution in [3.05, 3.63) is 71.3 Å². The molecule has 3 nitrogen and oxygen atoms in total. The van der Waals surface area contributed by atoms with Crippen LogP contribution in [0.2, 0.25) is 0 Å². The molecule has 0 aliphatic carbocycles. The summed E-state index contributed by atoms with van der Waals surface area (Å²) in [6.45, 7) is 6.17. The van der Waals surface area contributed by atoms with Crippen molar-refractivity contribution in [1.29, 1.82) is 0 Å². The van der Waals surface area contributed by atoms with Crippen LogP contribution in [-0.2, 0) is 22.2 Å². The second-order valence-electron chi connectivity index (χ2n) is 6.18. The van der Waals surface area contributed by atoms with Crippen molar-refractivity contribution in [2.45, 2.75) is 39.0 Å². The molecule has 0 spiro atoms. The Balaban J connectivity index is 2.17. The van der Waals surface area contributed by atoms with Crippen molar-refractivity contribution in [1.82, 2.24) is 4.72 Å². The maximum absolute atomic E-state index is 12.5. The van der Waals surface area contributed by atoms with E-state index in [-0.39, 0.29) is 17.7 Å². The van der Waals surface area contributed by atoms with Crippen LogP contribution in [0.5, 0.6) is 0 Å². The third-order valence-corrected chi connectivity index (χ3v) is 5.25. The fourth-order valence-corrected chi connectivity index (χ4v) is 4.09. The summed E-state index contributed by atoms with van der Waals surface area (Å²) in [5.41, 5.74) is 3.06. The van der Waals surface area contributed by atoms with Crippen LogP contribution in [0.1, 0.15) is 43.5 Å². The lowest BCUT2D eigenvalue weighted by Gasteiger charge is -2.23. The summed E-state index contributed by atoms with van der Waals surface area (Å²) < 4.78 is 27.9. The molecule has 1 atom stereocenters. The van der Waals surface area contributed by atoms with E-state index >= 15 is 0 Å². The fourth-order valence-electron chi connectivity index (χ4n) is 2.58. The van der Waals surface area contributed by atoms with Gasteiger partial charge in [-0.25, -0.2) is 13.1 Å². The maximum Gasteiger partial charge on any atom is 0.216 e. The van der Waals surface area contributed by atoms with Crippen molar-refractivity contribution in [2.75, 3.05) is 0 Å². The lowest BCUT2D eigenvalue weighted by Crippen LogP contribution is -2.32. The molecule has 1 unspecified atom stereocenters. The molecule has 0 amide bonds. The Morgan fingerprint density at radius 1 is 0.913 bits per heavy atom. The number of hydrogen-bond acceptors (Lipinski definition) is 2. The minimum absolute atomic E-state index is 0.00407. The van der Waals surface area contributed by atoms with E-state index in [1.165, 1.54) is 5.56 Å². The van der Waals surface area contributed by atoms with Gasteiger partial charge in [0.15, 0.2) is 0 Å². The highest BCUT2D eigenvalue weighted by atomic mass is 32.2. The molecule has 2 rings (SSSR count). The highest BCUT2D eigenvalue weighted by molar-refractivity contribution is 7.88. The van der Waals surface area contributed by atoms with Crippen LogP contribution in [0.25, 0.3) is 0 Å².